The van der Waals surface area contributed by atoms with Gasteiger partial charge in [-0.1, -0.05) is 0 Å². The van der Waals surface area contributed by atoms with E-state index in [-0.39, 0.29) is 22.8 Å². The number of carbonyl (C=O) groups is 1. The van der Waals surface area contributed by atoms with Gasteiger partial charge in [-0.05, 0) is 41.1 Å². The van der Waals surface area contributed by atoms with E-state index >= 15 is 0 Å². The monoisotopic (exact) mass is 372 g/mol. The average Bonchev–Trinajstić information content (AvgIpc) is 2.82. The first-order valence-corrected chi connectivity index (χ1v) is 8.49. The summed E-state index contributed by atoms with van der Waals surface area (Å²) in [7, 11) is -3.60. The lowest BCUT2D eigenvalue weighted by molar-refractivity contribution is 0.0696. The molecule has 0 amide bonds. The molecule has 0 aliphatic carbocycles. The SMILES string of the molecule is Cc1nccn1CCS(=O)(=O)c1cc(C(=O)O)ccc1Br. The molecule has 112 valence electrons. The highest BCUT2D eigenvalue weighted by atomic mass is 79.9. The van der Waals surface area contributed by atoms with Gasteiger partial charge in [0, 0.05) is 23.4 Å². The van der Waals surface area contributed by atoms with Crippen molar-refractivity contribution in [3.05, 3.63) is 46.5 Å². The van der Waals surface area contributed by atoms with E-state index in [1.54, 1.807) is 23.9 Å². The molecule has 0 saturated carbocycles. The number of hydrogen-bond acceptors (Lipinski definition) is 4. The molecule has 1 N–H and O–H groups in total. The van der Waals surface area contributed by atoms with Crippen LogP contribution in [0, 0.1) is 6.92 Å². The predicted octanol–water partition coefficient (Wildman–Crippen LogP) is 2.13. The van der Waals surface area contributed by atoms with Gasteiger partial charge in [-0.3, -0.25) is 0 Å². The Morgan fingerprint density at radius 2 is 2.14 bits per heavy atom. The standard InChI is InChI=1S/C13H13BrN2O4S/c1-9-15-4-5-16(9)6-7-21(19,20)12-8-10(13(17)18)2-3-11(12)14/h2-5,8H,6-7H2,1H3,(H,17,18). The van der Waals surface area contributed by atoms with Crippen LogP contribution in [-0.4, -0.2) is 34.8 Å². The summed E-state index contributed by atoms with van der Waals surface area (Å²) in [5, 5.41) is 8.96. The molecule has 0 spiro atoms. The van der Waals surface area contributed by atoms with Crippen molar-refractivity contribution < 1.29 is 18.3 Å². The number of imidazole rings is 1. The van der Waals surface area contributed by atoms with Gasteiger partial charge in [-0.2, -0.15) is 0 Å². The topological polar surface area (TPSA) is 89.3 Å². The van der Waals surface area contributed by atoms with Gasteiger partial charge in [0.25, 0.3) is 0 Å². The van der Waals surface area contributed by atoms with Crippen LogP contribution in [0.4, 0.5) is 0 Å². The minimum atomic E-state index is -3.60. The maximum Gasteiger partial charge on any atom is 0.335 e. The number of hydrogen-bond donors (Lipinski definition) is 1. The third-order valence-corrected chi connectivity index (χ3v) is 5.72. The van der Waals surface area contributed by atoms with E-state index in [4.69, 9.17) is 5.11 Å². The van der Waals surface area contributed by atoms with Crippen molar-refractivity contribution in [1.29, 1.82) is 0 Å². The Labute approximate surface area is 130 Å². The van der Waals surface area contributed by atoms with Crippen LogP contribution in [0.2, 0.25) is 0 Å². The predicted molar refractivity (Wildman–Crippen MR) is 80.1 cm³/mol. The number of aryl methyl sites for hydroxylation is 2. The van der Waals surface area contributed by atoms with Crippen LogP contribution in [0.1, 0.15) is 16.2 Å². The van der Waals surface area contributed by atoms with E-state index in [1.165, 1.54) is 18.2 Å². The second kappa shape index (κ2) is 5.98. The average molecular weight is 373 g/mol. The van der Waals surface area contributed by atoms with Gasteiger partial charge in [0.2, 0.25) is 0 Å². The fourth-order valence-corrected chi connectivity index (χ4v) is 4.16. The van der Waals surface area contributed by atoms with Crippen LogP contribution in [0.25, 0.3) is 0 Å². The van der Waals surface area contributed by atoms with Gasteiger partial charge in [0.05, 0.1) is 16.2 Å². The molecule has 2 aromatic rings. The molecule has 2 rings (SSSR count). The lowest BCUT2D eigenvalue weighted by Gasteiger charge is -2.09. The fraction of sp³-hybridized carbons (Fsp3) is 0.231. The van der Waals surface area contributed by atoms with E-state index in [0.29, 0.717) is 4.47 Å². The number of aromatic carboxylic acids is 1. The quantitative estimate of drug-likeness (QED) is 0.867. The van der Waals surface area contributed by atoms with Gasteiger partial charge >= 0.3 is 5.97 Å². The van der Waals surface area contributed by atoms with Crippen molar-refractivity contribution in [3.8, 4) is 0 Å². The van der Waals surface area contributed by atoms with E-state index < -0.39 is 15.8 Å². The third kappa shape index (κ3) is 3.51. The summed E-state index contributed by atoms with van der Waals surface area (Å²) >= 11 is 3.16. The molecule has 8 heteroatoms. The molecule has 0 unspecified atom stereocenters. The molecule has 1 aromatic carbocycles. The van der Waals surface area contributed by atoms with Crippen LogP contribution in [0.3, 0.4) is 0 Å². The minimum Gasteiger partial charge on any atom is -0.478 e. The smallest absolute Gasteiger partial charge is 0.335 e. The number of nitrogens with zero attached hydrogens (tertiary/aromatic N) is 2. The number of halogens is 1. The Morgan fingerprint density at radius 1 is 1.43 bits per heavy atom. The van der Waals surface area contributed by atoms with Crippen molar-refractivity contribution in [2.45, 2.75) is 18.4 Å². The number of rotatable bonds is 5. The van der Waals surface area contributed by atoms with Crippen LogP contribution in [-0.2, 0) is 16.4 Å². The summed E-state index contributed by atoms with van der Waals surface area (Å²) < 4.78 is 26.8. The van der Waals surface area contributed by atoms with Crippen molar-refractivity contribution >= 4 is 31.7 Å². The summed E-state index contributed by atoms with van der Waals surface area (Å²) in [6, 6.07) is 3.95. The van der Waals surface area contributed by atoms with Gasteiger partial charge < -0.3 is 9.67 Å². The molecule has 0 saturated heterocycles. The van der Waals surface area contributed by atoms with Crippen molar-refractivity contribution in [2.75, 3.05) is 5.75 Å². The van der Waals surface area contributed by atoms with Gasteiger partial charge in [-0.25, -0.2) is 18.2 Å². The molecule has 1 aromatic heterocycles. The van der Waals surface area contributed by atoms with E-state index in [1.807, 2.05) is 0 Å². The van der Waals surface area contributed by atoms with Gasteiger partial charge in [-0.15, -0.1) is 0 Å². The second-order valence-electron chi connectivity index (χ2n) is 4.44. The first-order chi connectivity index (χ1) is 9.81. The first-order valence-electron chi connectivity index (χ1n) is 6.04. The highest BCUT2D eigenvalue weighted by Gasteiger charge is 2.20. The largest absolute Gasteiger partial charge is 0.478 e. The molecule has 0 aliphatic rings. The Hall–Kier alpha value is -1.67. The van der Waals surface area contributed by atoms with E-state index in [9.17, 15) is 13.2 Å². The number of aromatic nitrogens is 2. The summed E-state index contributed by atoms with van der Waals surface area (Å²) in [6.07, 6.45) is 3.30. The lowest BCUT2D eigenvalue weighted by atomic mass is 10.2. The van der Waals surface area contributed by atoms with Crippen LogP contribution in [0.15, 0.2) is 40.0 Å². The summed E-state index contributed by atoms with van der Waals surface area (Å²) in [5.41, 5.74) is -0.0596. The van der Waals surface area contributed by atoms with Gasteiger partial charge in [0.1, 0.15) is 5.82 Å². The molecule has 0 aliphatic heterocycles. The van der Waals surface area contributed by atoms with Crippen LogP contribution < -0.4 is 0 Å². The normalized spacial score (nSPS) is 11.5. The maximum absolute atomic E-state index is 12.4. The number of carboxylic acids is 1. The molecular formula is C13H13BrN2O4S. The fourth-order valence-electron chi connectivity index (χ4n) is 1.84. The second-order valence-corrected chi connectivity index (χ2v) is 7.37. The molecule has 0 radical (unpaired) electrons. The number of benzene rings is 1. The molecular weight excluding hydrogens is 360 g/mol. The first kappa shape index (κ1) is 15.7. The summed E-state index contributed by atoms with van der Waals surface area (Å²) in [4.78, 5) is 15.0. The molecule has 0 atom stereocenters. The highest BCUT2D eigenvalue weighted by molar-refractivity contribution is 9.10. The van der Waals surface area contributed by atoms with Crippen LogP contribution in [0.5, 0.6) is 0 Å². The molecule has 21 heavy (non-hydrogen) atoms. The Kier molecular flexibility index (Phi) is 4.48. The molecule has 0 bridgehead atoms. The number of sulfone groups is 1. The summed E-state index contributed by atoms with van der Waals surface area (Å²) in [6.45, 7) is 2.05. The molecule has 1 heterocycles. The van der Waals surface area contributed by atoms with E-state index in [0.717, 1.165) is 5.82 Å². The minimum absolute atomic E-state index is 0.0137. The lowest BCUT2D eigenvalue weighted by Crippen LogP contribution is -2.15. The molecule has 0 fully saturated rings. The zero-order valence-corrected chi connectivity index (χ0v) is 13.6. The zero-order chi connectivity index (χ0) is 15.6. The number of carboxylic acid groups (broad SMARTS) is 1. The maximum atomic E-state index is 12.4. The molecule has 6 nitrogen and oxygen atoms in total. The van der Waals surface area contributed by atoms with Gasteiger partial charge in [0.15, 0.2) is 9.84 Å². The summed E-state index contributed by atoms with van der Waals surface area (Å²) in [5.74, 6) is -0.570. The Balaban J connectivity index is 2.29. The Morgan fingerprint density at radius 3 is 2.71 bits per heavy atom. The van der Waals surface area contributed by atoms with Crippen LogP contribution >= 0.6 is 15.9 Å². The van der Waals surface area contributed by atoms with Crippen molar-refractivity contribution in [2.24, 2.45) is 0 Å². The Bertz CT molecular complexity index is 783. The zero-order valence-electron chi connectivity index (χ0n) is 11.2. The third-order valence-electron chi connectivity index (χ3n) is 3.04. The van der Waals surface area contributed by atoms with Crippen molar-refractivity contribution in [1.82, 2.24) is 9.55 Å². The van der Waals surface area contributed by atoms with E-state index in [2.05, 4.69) is 20.9 Å². The van der Waals surface area contributed by atoms with Crippen molar-refractivity contribution in [3.63, 3.8) is 0 Å². The highest BCUT2D eigenvalue weighted by Crippen LogP contribution is 2.24.